The van der Waals surface area contributed by atoms with Crippen molar-refractivity contribution in [1.82, 2.24) is 5.32 Å². The monoisotopic (exact) mass is 305 g/mol. The molecule has 0 aromatic heterocycles. The first-order valence-corrected chi connectivity index (χ1v) is 7.01. The lowest BCUT2D eigenvalue weighted by molar-refractivity contribution is -0.138. The summed E-state index contributed by atoms with van der Waals surface area (Å²) in [6.45, 7) is 2.85. The molecule has 6 heteroatoms. The predicted molar refractivity (Wildman–Crippen MR) is 75.5 cm³/mol. The molecular formula is C15H22F3NO2. The van der Waals surface area contributed by atoms with Gasteiger partial charge in [0.25, 0.3) is 0 Å². The summed E-state index contributed by atoms with van der Waals surface area (Å²) in [6.07, 6.45) is -4.95. The van der Waals surface area contributed by atoms with Crippen molar-refractivity contribution in [3.63, 3.8) is 0 Å². The summed E-state index contributed by atoms with van der Waals surface area (Å²) in [6, 6.07) is 7.45. The highest BCUT2D eigenvalue weighted by atomic mass is 19.4. The number of halogens is 3. The molecule has 3 nitrogen and oxygen atoms in total. The Balaban J connectivity index is 2.48. The summed E-state index contributed by atoms with van der Waals surface area (Å²) in [7, 11) is 1.78. The molecule has 120 valence electrons. The number of benzene rings is 1. The van der Waals surface area contributed by atoms with Crippen molar-refractivity contribution >= 4 is 0 Å². The first-order chi connectivity index (χ1) is 9.98. The maximum atomic E-state index is 12.0. The molecule has 0 fully saturated rings. The van der Waals surface area contributed by atoms with Gasteiger partial charge in [0.15, 0.2) is 0 Å². The summed E-state index contributed by atoms with van der Waals surface area (Å²) in [5.74, 6) is 0.762. The van der Waals surface area contributed by atoms with Crippen molar-refractivity contribution in [2.24, 2.45) is 0 Å². The number of alkyl halides is 3. The molecule has 0 saturated heterocycles. The number of hydrogen-bond donors (Lipinski definition) is 1. The molecule has 0 radical (unpaired) electrons. The van der Waals surface area contributed by atoms with E-state index in [1.165, 1.54) is 0 Å². The van der Waals surface area contributed by atoms with Crippen LogP contribution in [0.2, 0.25) is 0 Å². The van der Waals surface area contributed by atoms with Crippen molar-refractivity contribution in [3.05, 3.63) is 29.8 Å². The summed E-state index contributed by atoms with van der Waals surface area (Å²) >= 11 is 0. The lowest BCUT2D eigenvalue weighted by Crippen LogP contribution is -2.23. The van der Waals surface area contributed by atoms with Crippen molar-refractivity contribution in [1.29, 1.82) is 0 Å². The van der Waals surface area contributed by atoms with Gasteiger partial charge in [0.1, 0.15) is 5.75 Å². The van der Waals surface area contributed by atoms with E-state index in [2.05, 4.69) is 5.32 Å². The highest BCUT2D eigenvalue weighted by Crippen LogP contribution is 2.25. The van der Waals surface area contributed by atoms with E-state index in [9.17, 15) is 13.2 Å². The summed E-state index contributed by atoms with van der Waals surface area (Å²) in [5.41, 5.74) is 0.942. The van der Waals surface area contributed by atoms with Gasteiger partial charge in [-0.3, -0.25) is 0 Å². The van der Waals surface area contributed by atoms with E-state index in [0.717, 1.165) is 11.3 Å². The van der Waals surface area contributed by atoms with E-state index in [4.69, 9.17) is 9.47 Å². The Bertz CT molecular complexity index is 410. The van der Waals surface area contributed by atoms with Crippen LogP contribution in [0.4, 0.5) is 13.2 Å². The summed E-state index contributed by atoms with van der Waals surface area (Å²) in [4.78, 5) is 0. The second kappa shape index (κ2) is 8.89. The number of para-hydroxylation sites is 1. The fourth-order valence-electron chi connectivity index (χ4n) is 1.96. The minimum atomic E-state index is -4.12. The Morgan fingerprint density at radius 2 is 1.95 bits per heavy atom. The van der Waals surface area contributed by atoms with Gasteiger partial charge in [-0.1, -0.05) is 18.2 Å². The van der Waals surface area contributed by atoms with Crippen LogP contribution in [0.15, 0.2) is 24.3 Å². The van der Waals surface area contributed by atoms with E-state index < -0.39 is 12.6 Å². The minimum Gasteiger partial charge on any atom is -0.494 e. The van der Waals surface area contributed by atoms with Crippen LogP contribution >= 0.6 is 0 Å². The molecule has 1 unspecified atom stereocenters. The first-order valence-electron chi connectivity index (χ1n) is 7.01. The van der Waals surface area contributed by atoms with Crippen LogP contribution in [0.25, 0.3) is 0 Å². The molecule has 1 atom stereocenters. The van der Waals surface area contributed by atoms with Gasteiger partial charge in [0.2, 0.25) is 0 Å². The Morgan fingerprint density at radius 3 is 2.57 bits per heavy atom. The Hall–Kier alpha value is -1.27. The topological polar surface area (TPSA) is 30.5 Å². The van der Waals surface area contributed by atoms with Crippen molar-refractivity contribution in [3.8, 4) is 5.75 Å². The second-order valence-electron chi connectivity index (χ2n) is 4.61. The van der Waals surface area contributed by atoms with E-state index in [0.29, 0.717) is 13.2 Å². The van der Waals surface area contributed by atoms with E-state index >= 15 is 0 Å². The van der Waals surface area contributed by atoms with Crippen LogP contribution in [-0.2, 0) is 4.74 Å². The van der Waals surface area contributed by atoms with E-state index in [1.54, 1.807) is 7.05 Å². The molecule has 0 bridgehead atoms. The summed E-state index contributed by atoms with van der Waals surface area (Å²) < 4.78 is 47.0. The predicted octanol–water partition coefficient (Wildman–Crippen LogP) is 3.70. The Morgan fingerprint density at radius 1 is 1.24 bits per heavy atom. The zero-order valence-corrected chi connectivity index (χ0v) is 12.4. The maximum Gasteiger partial charge on any atom is 0.389 e. The molecule has 0 heterocycles. The van der Waals surface area contributed by atoms with Crippen LogP contribution < -0.4 is 10.1 Å². The number of likely N-dealkylation sites (N-methyl/N-ethyl adjacent to an activating group) is 1. The van der Waals surface area contributed by atoms with Crippen molar-refractivity contribution in [2.75, 3.05) is 26.9 Å². The molecule has 21 heavy (non-hydrogen) atoms. The average molecular weight is 305 g/mol. The highest BCUT2D eigenvalue weighted by Gasteiger charge is 2.26. The van der Waals surface area contributed by atoms with Crippen molar-refractivity contribution < 1.29 is 22.6 Å². The normalized spacial score (nSPS) is 13.2. The number of hydrogen-bond acceptors (Lipinski definition) is 3. The molecule has 1 aromatic rings. The molecule has 0 aliphatic rings. The smallest absolute Gasteiger partial charge is 0.389 e. The highest BCUT2D eigenvalue weighted by molar-refractivity contribution is 5.36. The third-order valence-electron chi connectivity index (χ3n) is 2.98. The number of rotatable bonds is 9. The van der Waals surface area contributed by atoms with Crippen LogP contribution in [0, 0.1) is 0 Å². The van der Waals surface area contributed by atoms with Crippen molar-refractivity contribution in [2.45, 2.75) is 32.0 Å². The van der Waals surface area contributed by atoms with Gasteiger partial charge in [-0.2, -0.15) is 13.2 Å². The zero-order valence-electron chi connectivity index (χ0n) is 12.4. The molecular weight excluding hydrogens is 283 g/mol. The Kier molecular flexibility index (Phi) is 7.53. The third-order valence-corrected chi connectivity index (χ3v) is 2.98. The fourth-order valence-corrected chi connectivity index (χ4v) is 1.96. The molecule has 0 aliphatic carbocycles. The van der Waals surface area contributed by atoms with Gasteiger partial charge in [0.05, 0.1) is 19.3 Å². The van der Waals surface area contributed by atoms with Crippen LogP contribution in [0.1, 0.15) is 31.4 Å². The fraction of sp³-hybridized carbons (Fsp3) is 0.600. The van der Waals surface area contributed by atoms with Crippen LogP contribution in [0.5, 0.6) is 5.75 Å². The third kappa shape index (κ3) is 6.82. The lowest BCUT2D eigenvalue weighted by atomic mass is 10.1. The van der Waals surface area contributed by atoms with Gasteiger partial charge >= 0.3 is 6.18 Å². The van der Waals surface area contributed by atoms with Crippen LogP contribution in [-0.4, -0.2) is 33.0 Å². The minimum absolute atomic E-state index is 0.0208. The molecule has 0 amide bonds. The molecule has 1 rings (SSSR count). The molecule has 0 aliphatic heterocycles. The SMILES string of the molecule is CCOc1ccccc1C(COCCCC(F)(F)F)NC. The summed E-state index contributed by atoms with van der Waals surface area (Å²) in [5, 5.41) is 3.10. The van der Waals surface area contributed by atoms with Gasteiger partial charge in [-0.05, 0) is 26.5 Å². The molecule has 1 aromatic carbocycles. The molecule has 0 saturated carbocycles. The van der Waals surface area contributed by atoms with Crippen LogP contribution in [0.3, 0.4) is 0 Å². The number of nitrogens with one attached hydrogen (secondary N) is 1. The molecule has 1 N–H and O–H groups in total. The van der Waals surface area contributed by atoms with E-state index in [1.807, 2.05) is 31.2 Å². The zero-order chi connectivity index (χ0) is 15.7. The Labute approximate surface area is 123 Å². The largest absolute Gasteiger partial charge is 0.494 e. The first kappa shape index (κ1) is 17.8. The quantitative estimate of drug-likeness (QED) is 0.706. The standard InChI is InChI=1S/C15H22F3NO2/c1-3-21-14-8-5-4-7-12(14)13(19-2)11-20-10-6-9-15(16,17)18/h4-5,7-8,13,19H,3,6,9-11H2,1-2H3. The van der Waals surface area contributed by atoms with Gasteiger partial charge in [0, 0.05) is 18.6 Å². The molecule has 0 spiro atoms. The number of ether oxygens (including phenoxy) is 2. The van der Waals surface area contributed by atoms with E-state index in [-0.39, 0.29) is 19.1 Å². The maximum absolute atomic E-state index is 12.0. The average Bonchev–Trinajstić information content (AvgIpc) is 2.43. The van der Waals surface area contributed by atoms with Gasteiger partial charge in [-0.25, -0.2) is 0 Å². The van der Waals surface area contributed by atoms with Gasteiger partial charge in [-0.15, -0.1) is 0 Å². The second-order valence-corrected chi connectivity index (χ2v) is 4.61. The van der Waals surface area contributed by atoms with Gasteiger partial charge < -0.3 is 14.8 Å². The lowest BCUT2D eigenvalue weighted by Gasteiger charge is -2.20.